The third-order valence-corrected chi connectivity index (χ3v) is 6.91. The summed E-state index contributed by atoms with van der Waals surface area (Å²) < 4.78 is 0. The number of aryl methyl sites for hydroxylation is 2. The number of amides is 2. The Labute approximate surface area is 182 Å². The lowest BCUT2D eigenvalue weighted by atomic mass is 10.1. The number of rotatable bonds is 5. The Morgan fingerprint density at radius 1 is 1.07 bits per heavy atom. The summed E-state index contributed by atoms with van der Waals surface area (Å²) >= 11 is 1.42. The molecule has 2 aliphatic rings. The smallest absolute Gasteiger partial charge is 0.242 e. The van der Waals surface area contributed by atoms with Crippen LogP contribution in [0.2, 0.25) is 0 Å². The van der Waals surface area contributed by atoms with Gasteiger partial charge in [0.2, 0.25) is 11.8 Å². The zero-order chi connectivity index (χ0) is 21.1. The molecule has 2 aromatic carbocycles. The number of benzene rings is 2. The van der Waals surface area contributed by atoms with Crippen LogP contribution in [0.25, 0.3) is 0 Å². The normalized spacial score (nSPS) is 20.9. The molecular weight excluding hydrogens is 394 g/mol. The molecule has 1 saturated heterocycles. The molecule has 156 valence electrons. The first-order chi connectivity index (χ1) is 14.5. The molecule has 0 spiro atoms. The lowest BCUT2D eigenvalue weighted by molar-refractivity contribution is -0.129. The van der Waals surface area contributed by atoms with Crippen molar-refractivity contribution >= 4 is 40.1 Å². The van der Waals surface area contributed by atoms with Crippen LogP contribution in [0.15, 0.2) is 53.5 Å². The maximum absolute atomic E-state index is 13.3. The van der Waals surface area contributed by atoms with Crippen LogP contribution in [0.4, 0.5) is 11.4 Å². The Hall–Kier alpha value is -2.60. The van der Waals surface area contributed by atoms with Gasteiger partial charge >= 0.3 is 0 Å². The first-order valence-electron chi connectivity index (χ1n) is 10.5. The maximum atomic E-state index is 13.3. The summed E-state index contributed by atoms with van der Waals surface area (Å²) in [5.74, 6) is -0.121. The van der Waals surface area contributed by atoms with Crippen LogP contribution in [-0.2, 0) is 9.59 Å². The van der Waals surface area contributed by atoms with E-state index in [1.807, 2.05) is 67.3 Å². The van der Waals surface area contributed by atoms with Gasteiger partial charge in [-0.2, -0.15) is 0 Å². The SMILES string of the molecule is Cc1cccc(C)c1NC(=O)C[C@H]1SC(=Nc2ccccc2)N(C2CCCC2)C1=O. The van der Waals surface area contributed by atoms with Crippen LogP contribution in [0, 0.1) is 13.8 Å². The number of thioether (sulfide) groups is 1. The Balaban J connectivity index is 1.53. The molecule has 1 saturated carbocycles. The molecule has 0 unspecified atom stereocenters. The van der Waals surface area contributed by atoms with Crippen molar-refractivity contribution in [1.82, 2.24) is 4.90 Å². The van der Waals surface area contributed by atoms with Crippen LogP contribution < -0.4 is 5.32 Å². The van der Waals surface area contributed by atoms with E-state index in [-0.39, 0.29) is 24.3 Å². The molecular formula is C24H27N3O2S. The van der Waals surface area contributed by atoms with Gasteiger partial charge in [-0.15, -0.1) is 0 Å². The third-order valence-electron chi connectivity index (χ3n) is 5.75. The standard InChI is InChI=1S/C24H27N3O2S/c1-16-9-8-10-17(2)22(16)26-21(28)15-20-23(29)27(19-13-6-7-14-19)24(30-20)25-18-11-4-3-5-12-18/h3-5,8-12,19-20H,6-7,13-15H2,1-2H3,(H,26,28)/t20-/m1/s1. The average Bonchev–Trinajstić information content (AvgIpc) is 3.34. The van der Waals surface area contributed by atoms with E-state index in [0.29, 0.717) is 0 Å². The fraction of sp³-hybridized carbons (Fsp3) is 0.375. The first-order valence-corrected chi connectivity index (χ1v) is 11.4. The predicted octanol–water partition coefficient (Wildman–Crippen LogP) is 5.21. The van der Waals surface area contributed by atoms with E-state index >= 15 is 0 Å². The molecule has 1 aliphatic heterocycles. The van der Waals surface area contributed by atoms with Crippen molar-refractivity contribution in [2.45, 2.75) is 57.2 Å². The number of carbonyl (C=O) groups is 2. The summed E-state index contributed by atoms with van der Waals surface area (Å²) in [6, 6.07) is 15.8. The summed E-state index contributed by atoms with van der Waals surface area (Å²) in [5, 5.41) is 3.30. The van der Waals surface area contributed by atoms with Gasteiger partial charge in [0.05, 0.1) is 5.69 Å². The number of para-hydroxylation sites is 2. The van der Waals surface area contributed by atoms with Crippen LogP contribution in [0.3, 0.4) is 0 Å². The number of nitrogens with one attached hydrogen (secondary N) is 1. The van der Waals surface area contributed by atoms with Crippen LogP contribution in [-0.4, -0.2) is 33.2 Å². The summed E-state index contributed by atoms with van der Waals surface area (Å²) in [7, 11) is 0. The van der Waals surface area contributed by atoms with E-state index in [9.17, 15) is 9.59 Å². The molecule has 5 nitrogen and oxygen atoms in total. The Kier molecular flexibility index (Phi) is 6.23. The van der Waals surface area contributed by atoms with Gasteiger partial charge in [0.25, 0.3) is 0 Å². The lowest BCUT2D eigenvalue weighted by Gasteiger charge is -2.23. The van der Waals surface area contributed by atoms with E-state index in [2.05, 4.69) is 5.32 Å². The van der Waals surface area contributed by atoms with Crippen molar-refractivity contribution < 1.29 is 9.59 Å². The minimum absolute atomic E-state index is 0.0123. The maximum Gasteiger partial charge on any atom is 0.242 e. The quantitative estimate of drug-likeness (QED) is 0.721. The topological polar surface area (TPSA) is 61.8 Å². The number of nitrogens with zero attached hydrogens (tertiary/aromatic N) is 2. The second-order valence-corrected chi connectivity index (χ2v) is 9.17. The van der Waals surface area contributed by atoms with Gasteiger partial charge in [-0.25, -0.2) is 4.99 Å². The lowest BCUT2D eigenvalue weighted by Crippen LogP contribution is -2.40. The summed E-state index contributed by atoms with van der Waals surface area (Å²) in [6.45, 7) is 3.95. The van der Waals surface area contributed by atoms with Gasteiger partial charge in [0, 0.05) is 18.2 Å². The van der Waals surface area contributed by atoms with Crippen LogP contribution in [0.5, 0.6) is 0 Å². The Bertz CT molecular complexity index is 947. The van der Waals surface area contributed by atoms with Gasteiger partial charge < -0.3 is 5.32 Å². The highest BCUT2D eigenvalue weighted by Crippen LogP contribution is 2.37. The molecule has 0 bridgehead atoms. The highest BCUT2D eigenvalue weighted by atomic mass is 32.2. The Morgan fingerprint density at radius 2 is 1.73 bits per heavy atom. The molecule has 6 heteroatoms. The minimum Gasteiger partial charge on any atom is -0.326 e. The van der Waals surface area contributed by atoms with Crippen molar-refractivity contribution in [3.05, 3.63) is 59.7 Å². The third kappa shape index (κ3) is 4.43. The average molecular weight is 422 g/mol. The number of hydrogen-bond acceptors (Lipinski definition) is 4. The van der Waals surface area contributed by atoms with E-state index in [1.54, 1.807) is 0 Å². The van der Waals surface area contributed by atoms with Crippen LogP contribution >= 0.6 is 11.8 Å². The molecule has 2 amide bonds. The van der Waals surface area contributed by atoms with Crippen molar-refractivity contribution in [3.63, 3.8) is 0 Å². The highest BCUT2D eigenvalue weighted by molar-refractivity contribution is 8.15. The summed E-state index contributed by atoms with van der Waals surface area (Å²) in [5.41, 5.74) is 3.71. The number of amidine groups is 1. The molecule has 30 heavy (non-hydrogen) atoms. The fourth-order valence-electron chi connectivity index (χ4n) is 4.18. The molecule has 2 fully saturated rings. The highest BCUT2D eigenvalue weighted by Gasteiger charge is 2.43. The van der Waals surface area contributed by atoms with E-state index in [0.717, 1.165) is 53.4 Å². The van der Waals surface area contributed by atoms with Gasteiger partial charge in [-0.3, -0.25) is 14.5 Å². The number of carbonyl (C=O) groups excluding carboxylic acids is 2. The first kappa shape index (κ1) is 20.7. The molecule has 2 aromatic rings. The second kappa shape index (κ2) is 9.04. The molecule has 1 N–H and O–H groups in total. The van der Waals surface area contributed by atoms with Crippen molar-refractivity contribution in [1.29, 1.82) is 0 Å². The predicted molar refractivity (Wildman–Crippen MR) is 123 cm³/mol. The molecule has 0 aromatic heterocycles. The Morgan fingerprint density at radius 3 is 2.40 bits per heavy atom. The molecule has 1 heterocycles. The molecule has 1 aliphatic carbocycles. The number of anilines is 1. The molecule has 4 rings (SSSR count). The van der Waals surface area contributed by atoms with Crippen molar-refractivity contribution in [2.75, 3.05) is 5.32 Å². The molecule has 0 radical (unpaired) electrons. The molecule has 1 atom stereocenters. The van der Waals surface area contributed by atoms with Gasteiger partial charge in [-0.05, 0) is 49.9 Å². The van der Waals surface area contributed by atoms with Gasteiger partial charge in [0.15, 0.2) is 5.17 Å². The van der Waals surface area contributed by atoms with E-state index in [4.69, 9.17) is 4.99 Å². The van der Waals surface area contributed by atoms with Gasteiger partial charge in [-0.1, -0.05) is 61.0 Å². The van der Waals surface area contributed by atoms with Crippen LogP contribution in [0.1, 0.15) is 43.2 Å². The second-order valence-electron chi connectivity index (χ2n) is 8.00. The van der Waals surface area contributed by atoms with E-state index in [1.165, 1.54) is 11.8 Å². The zero-order valence-electron chi connectivity index (χ0n) is 17.4. The largest absolute Gasteiger partial charge is 0.326 e. The number of aliphatic imine (C=N–C) groups is 1. The summed E-state index contributed by atoms with van der Waals surface area (Å²) in [4.78, 5) is 32.7. The monoisotopic (exact) mass is 421 g/mol. The fourth-order valence-corrected chi connectivity index (χ4v) is 5.39. The van der Waals surface area contributed by atoms with Gasteiger partial charge in [0.1, 0.15) is 5.25 Å². The van der Waals surface area contributed by atoms with Crippen molar-refractivity contribution in [3.8, 4) is 0 Å². The zero-order valence-corrected chi connectivity index (χ0v) is 18.2. The van der Waals surface area contributed by atoms with E-state index < -0.39 is 5.25 Å². The summed E-state index contributed by atoms with van der Waals surface area (Å²) in [6.07, 6.45) is 4.42. The van der Waals surface area contributed by atoms with Crippen molar-refractivity contribution in [2.24, 2.45) is 4.99 Å². The minimum atomic E-state index is -0.433. The number of hydrogen-bond donors (Lipinski definition) is 1.